The Morgan fingerprint density at radius 2 is 1.69 bits per heavy atom. The number of rotatable bonds is 4. The predicted octanol–water partition coefficient (Wildman–Crippen LogP) is 3.83. The third-order valence-corrected chi connectivity index (χ3v) is 4.51. The summed E-state index contributed by atoms with van der Waals surface area (Å²) in [4.78, 5) is 18.5. The maximum Gasteiger partial charge on any atom is 0.277 e. The van der Waals surface area contributed by atoms with Crippen molar-refractivity contribution in [1.82, 2.24) is 24.4 Å². The minimum Gasteiger partial charge on any atom is -0.321 e. The topological polar surface area (TPSA) is 77.1 Å². The zero-order valence-electron chi connectivity index (χ0n) is 15.3. The van der Waals surface area contributed by atoms with E-state index < -0.39 is 0 Å². The average molecular weight is 380 g/mol. The minimum atomic E-state index is -0.312. The number of para-hydroxylation sites is 1. The van der Waals surface area contributed by atoms with Gasteiger partial charge in [-0.1, -0.05) is 36.4 Å². The first-order chi connectivity index (χ1) is 14.3. The second-order valence-electron chi connectivity index (χ2n) is 6.48. The van der Waals surface area contributed by atoms with Crippen molar-refractivity contribution in [3.8, 4) is 16.9 Å². The molecule has 0 bridgehead atoms. The van der Waals surface area contributed by atoms with Gasteiger partial charge in [-0.2, -0.15) is 9.90 Å². The molecule has 0 radical (unpaired) electrons. The molecule has 0 aliphatic carbocycles. The second kappa shape index (κ2) is 7.05. The summed E-state index contributed by atoms with van der Waals surface area (Å²) >= 11 is 0. The Morgan fingerprint density at radius 1 is 0.897 bits per heavy atom. The van der Waals surface area contributed by atoms with Crippen LogP contribution in [0.25, 0.3) is 22.6 Å². The molecule has 29 heavy (non-hydrogen) atoms. The number of amides is 1. The van der Waals surface area contributed by atoms with E-state index in [2.05, 4.69) is 20.5 Å². The summed E-state index contributed by atoms with van der Waals surface area (Å²) in [5.41, 5.74) is 4.46. The van der Waals surface area contributed by atoms with Gasteiger partial charge in [-0.3, -0.25) is 4.79 Å². The second-order valence-corrected chi connectivity index (χ2v) is 6.48. The van der Waals surface area contributed by atoms with E-state index in [4.69, 9.17) is 0 Å². The van der Waals surface area contributed by atoms with Crippen LogP contribution in [-0.2, 0) is 0 Å². The molecular weight excluding hydrogens is 364 g/mol. The summed E-state index contributed by atoms with van der Waals surface area (Å²) in [6.45, 7) is 0. The number of carbonyl (C=O) groups excluding carboxylic acids is 1. The molecule has 3 aromatic heterocycles. The molecule has 1 N–H and O–H groups in total. The Balaban J connectivity index is 1.32. The maximum absolute atomic E-state index is 12.5. The first kappa shape index (κ1) is 16.9. The molecule has 0 spiro atoms. The number of hydrogen-bond acceptors (Lipinski definition) is 4. The van der Waals surface area contributed by atoms with Crippen LogP contribution in [0, 0.1) is 0 Å². The van der Waals surface area contributed by atoms with Crippen LogP contribution < -0.4 is 5.32 Å². The highest BCUT2D eigenvalue weighted by Gasteiger charge is 2.12. The molecule has 3 heterocycles. The van der Waals surface area contributed by atoms with Gasteiger partial charge in [0.25, 0.3) is 5.91 Å². The maximum atomic E-state index is 12.5. The lowest BCUT2D eigenvalue weighted by Crippen LogP contribution is -2.13. The standard InChI is InChI=1S/C22H16N6O/c29-22(19-14-23-28(26-19)18-6-2-1-3-7-18)24-17-11-9-16(10-12-17)20-15-27-13-5-4-8-21(27)25-20/h1-15H,(H,24,29). The number of fused-ring (bicyclic) bond motifs is 1. The van der Waals surface area contributed by atoms with Gasteiger partial charge in [0.05, 0.1) is 17.6 Å². The highest BCUT2D eigenvalue weighted by molar-refractivity contribution is 6.02. The van der Waals surface area contributed by atoms with Crippen LogP contribution in [0.15, 0.2) is 91.4 Å². The number of nitrogens with zero attached hydrogens (tertiary/aromatic N) is 5. The Kier molecular flexibility index (Phi) is 4.10. The number of aromatic nitrogens is 5. The molecule has 7 nitrogen and oxygen atoms in total. The molecule has 5 aromatic rings. The molecule has 5 rings (SSSR count). The third-order valence-electron chi connectivity index (χ3n) is 4.51. The van der Waals surface area contributed by atoms with Crippen LogP contribution >= 0.6 is 0 Å². The number of anilines is 1. The fourth-order valence-electron chi connectivity index (χ4n) is 3.05. The number of imidazole rings is 1. The number of carbonyl (C=O) groups is 1. The van der Waals surface area contributed by atoms with Crippen LogP contribution in [-0.4, -0.2) is 30.3 Å². The molecule has 1 amide bonds. The fourth-order valence-corrected chi connectivity index (χ4v) is 3.05. The molecule has 2 aromatic carbocycles. The van der Waals surface area contributed by atoms with Gasteiger partial charge < -0.3 is 9.72 Å². The zero-order valence-corrected chi connectivity index (χ0v) is 15.3. The van der Waals surface area contributed by atoms with E-state index in [1.807, 2.05) is 89.6 Å². The Morgan fingerprint density at radius 3 is 2.48 bits per heavy atom. The van der Waals surface area contributed by atoms with E-state index in [-0.39, 0.29) is 11.6 Å². The molecule has 0 atom stereocenters. The van der Waals surface area contributed by atoms with E-state index >= 15 is 0 Å². The van der Waals surface area contributed by atoms with Crippen molar-refractivity contribution in [1.29, 1.82) is 0 Å². The van der Waals surface area contributed by atoms with E-state index in [0.717, 1.165) is 22.6 Å². The van der Waals surface area contributed by atoms with Crippen molar-refractivity contribution < 1.29 is 4.79 Å². The van der Waals surface area contributed by atoms with Crippen molar-refractivity contribution in [2.75, 3.05) is 5.32 Å². The van der Waals surface area contributed by atoms with Crippen molar-refractivity contribution in [2.45, 2.75) is 0 Å². The van der Waals surface area contributed by atoms with Crippen LogP contribution in [0.2, 0.25) is 0 Å². The van der Waals surface area contributed by atoms with Crippen molar-refractivity contribution in [3.05, 3.63) is 97.1 Å². The van der Waals surface area contributed by atoms with Gasteiger partial charge in [0.1, 0.15) is 5.65 Å². The van der Waals surface area contributed by atoms with Crippen molar-refractivity contribution in [3.63, 3.8) is 0 Å². The quantitative estimate of drug-likeness (QED) is 0.514. The third kappa shape index (κ3) is 3.37. The largest absolute Gasteiger partial charge is 0.321 e. The minimum absolute atomic E-state index is 0.248. The lowest BCUT2D eigenvalue weighted by molar-refractivity contribution is 0.102. The summed E-state index contributed by atoms with van der Waals surface area (Å²) in [7, 11) is 0. The number of hydrogen-bond donors (Lipinski definition) is 1. The summed E-state index contributed by atoms with van der Waals surface area (Å²) in [6, 6.07) is 22.9. The van der Waals surface area contributed by atoms with Crippen LogP contribution in [0.5, 0.6) is 0 Å². The van der Waals surface area contributed by atoms with Crippen LogP contribution in [0.4, 0.5) is 5.69 Å². The lowest BCUT2D eigenvalue weighted by Gasteiger charge is -2.04. The normalized spacial score (nSPS) is 10.9. The molecule has 0 saturated carbocycles. The highest BCUT2D eigenvalue weighted by atomic mass is 16.2. The van der Waals surface area contributed by atoms with Gasteiger partial charge in [0, 0.05) is 23.6 Å². The average Bonchev–Trinajstić information content (AvgIpc) is 3.42. The first-order valence-corrected chi connectivity index (χ1v) is 9.09. The van der Waals surface area contributed by atoms with E-state index in [1.54, 1.807) is 0 Å². The van der Waals surface area contributed by atoms with Crippen LogP contribution in [0.1, 0.15) is 10.5 Å². The Hall–Kier alpha value is -4.26. The van der Waals surface area contributed by atoms with Gasteiger partial charge in [0.2, 0.25) is 0 Å². The van der Waals surface area contributed by atoms with E-state index in [9.17, 15) is 4.79 Å². The summed E-state index contributed by atoms with van der Waals surface area (Å²) < 4.78 is 1.97. The van der Waals surface area contributed by atoms with Gasteiger partial charge >= 0.3 is 0 Å². The van der Waals surface area contributed by atoms with Gasteiger partial charge in [-0.05, 0) is 36.4 Å². The van der Waals surface area contributed by atoms with Gasteiger partial charge in [-0.25, -0.2) is 4.98 Å². The van der Waals surface area contributed by atoms with Crippen molar-refractivity contribution >= 4 is 17.2 Å². The van der Waals surface area contributed by atoms with E-state index in [1.165, 1.54) is 11.0 Å². The predicted molar refractivity (Wildman–Crippen MR) is 110 cm³/mol. The van der Waals surface area contributed by atoms with E-state index in [0.29, 0.717) is 5.69 Å². The fraction of sp³-hybridized carbons (Fsp3) is 0. The Labute approximate surface area is 166 Å². The Bertz CT molecular complexity index is 1250. The zero-order chi connectivity index (χ0) is 19.6. The smallest absolute Gasteiger partial charge is 0.277 e. The van der Waals surface area contributed by atoms with Gasteiger partial charge in [-0.15, -0.1) is 5.10 Å². The first-order valence-electron chi connectivity index (χ1n) is 9.09. The monoisotopic (exact) mass is 380 g/mol. The summed E-state index contributed by atoms with van der Waals surface area (Å²) in [5, 5.41) is 11.3. The molecule has 7 heteroatoms. The summed E-state index contributed by atoms with van der Waals surface area (Å²) in [5.74, 6) is -0.312. The highest BCUT2D eigenvalue weighted by Crippen LogP contribution is 2.21. The summed E-state index contributed by atoms with van der Waals surface area (Å²) in [6.07, 6.45) is 5.39. The molecule has 140 valence electrons. The molecule has 0 aliphatic rings. The molecular formula is C22H16N6O. The van der Waals surface area contributed by atoms with Gasteiger partial charge in [0.15, 0.2) is 5.69 Å². The molecule has 0 unspecified atom stereocenters. The number of nitrogens with one attached hydrogen (secondary N) is 1. The molecule has 0 fully saturated rings. The number of pyridine rings is 1. The lowest BCUT2D eigenvalue weighted by atomic mass is 10.1. The number of benzene rings is 2. The van der Waals surface area contributed by atoms with Crippen LogP contribution in [0.3, 0.4) is 0 Å². The molecule has 0 aliphatic heterocycles. The van der Waals surface area contributed by atoms with Crippen molar-refractivity contribution in [2.24, 2.45) is 0 Å². The SMILES string of the molecule is O=C(Nc1ccc(-c2cn3ccccc3n2)cc1)c1cnn(-c2ccccc2)n1. The molecule has 0 saturated heterocycles.